The van der Waals surface area contributed by atoms with Crippen LogP contribution < -0.4 is 10.7 Å². The second kappa shape index (κ2) is 9.81. The number of hydrogen-bond acceptors (Lipinski definition) is 4. The largest absolute Gasteiger partial charge is 0.455 e. The zero-order chi connectivity index (χ0) is 23.5. The molecule has 0 fully saturated rings. The number of nitrogens with one attached hydrogen (secondary N) is 2. The SMILES string of the molecule is CCc1ccc(NC(=O)c2oc3c(c2C)/C(=N/NC(=O)c2ccc(Cl)cc2Cl)CCC3)cc1. The Labute approximate surface area is 202 Å². The van der Waals surface area contributed by atoms with Crippen LogP contribution in [0.3, 0.4) is 0 Å². The molecule has 1 aliphatic carbocycles. The van der Waals surface area contributed by atoms with Gasteiger partial charge in [0.15, 0.2) is 5.76 Å². The van der Waals surface area contributed by atoms with Crippen LogP contribution in [0.5, 0.6) is 0 Å². The van der Waals surface area contributed by atoms with Crippen molar-refractivity contribution >= 4 is 46.4 Å². The van der Waals surface area contributed by atoms with Crippen molar-refractivity contribution in [1.29, 1.82) is 0 Å². The highest BCUT2D eigenvalue weighted by Crippen LogP contribution is 2.30. The maximum Gasteiger partial charge on any atom is 0.291 e. The van der Waals surface area contributed by atoms with Crippen molar-refractivity contribution in [2.24, 2.45) is 5.10 Å². The maximum atomic E-state index is 12.9. The number of carbonyl (C=O) groups excluding carboxylic acids is 2. The smallest absolute Gasteiger partial charge is 0.291 e. The van der Waals surface area contributed by atoms with Gasteiger partial charge in [0.25, 0.3) is 11.8 Å². The normalized spacial score (nSPS) is 14.1. The number of carbonyl (C=O) groups is 2. The number of halogens is 2. The van der Waals surface area contributed by atoms with E-state index in [4.69, 9.17) is 27.6 Å². The first-order valence-electron chi connectivity index (χ1n) is 10.7. The van der Waals surface area contributed by atoms with Crippen LogP contribution in [0.25, 0.3) is 0 Å². The van der Waals surface area contributed by atoms with Gasteiger partial charge in [-0.15, -0.1) is 0 Å². The van der Waals surface area contributed by atoms with E-state index < -0.39 is 5.91 Å². The predicted molar refractivity (Wildman–Crippen MR) is 131 cm³/mol. The van der Waals surface area contributed by atoms with E-state index in [1.807, 2.05) is 31.2 Å². The van der Waals surface area contributed by atoms with Gasteiger partial charge in [-0.2, -0.15) is 5.10 Å². The molecule has 0 atom stereocenters. The van der Waals surface area contributed by atoms with Crippen LogP contribution in [-0.4, -0.2) is 17.5 Å². The molecule has 0 radical (unpaired) electrons. The molecule has 6 nitrogen and oxygen atoms in total. The van der Waals surface area contributed by atoms with E-state index in [2.05, 4.69) is 22.8 Å². The molecule has 1 aliphatic rings. The second-order valence-corrected chi connectivity index (χ2v) is 8.68. The molecule has 2 amide bonds. The van der Waals surface area contributed by atoms with E-state index >= 15 is 0 Å². The summed E-state index contributed by atoms with van der Waals surface area (Å²) in [7, 11) is 0. The second-order valence-electron chi connectivity index (χ2n) is 7.84. The summed E-state index contributed by atoms with van der Waals surface area (Å²) in [4.78, 5) is 25.4. The Kier molecular flexibility index (Phi) is 6.86. The number of rotatable bonds is 5. The minimum Gasteiger partial charge on any atom is -0.455 e. The molecule has 33 heavy (non-hydrogen) atoms. The van der Waals surface area contributed by atoms with Crippen molar-refractivity contribution in [3.8, 4) is 0 Å². The van der Waals surface area contributed by atoms with Gasteiger partial charge in [0.05, 0.1) is 16.3 Å². The maximum absolute atomic E-state index is 12.9. The lowest BCUT2D eigenvalue weighted by molar-refractivity contribution is 0.0953. The molecule has 0 spiro atoms. The van der Waals surface area contributed by atoms with Crippen LogP contribution >= 0.6 is 23.2 Å². The van der Waals surface area contributed by atoms with Crippen LogP contribution in [0, 0.1) is 6.92 Å². The lowest BCUT2D eigenvalue weighted by Crippen LogP contribution is -2.22. The van der Waals surface area contributed by atoms with Gasteiger partial charge in [-0.1, -0.05) is 42.3 Å². The number of furan rings is 1. The molecule has 2 N–H and O–H groups in total. The molecule has 0 saturated heterocycles. The van der Waals surface area contributed by atoms with Crippen molar-refractivity contribution in [3.63, 3.8) is 0 Å². The van der Waals surface area contributed by atoms with Crippen LogP contribution in [0.2, 0.25) is 10.0 Å². The van der Waals surface area contributed by atoms with Gasteiger partial charge in [-0.05, 0) is 62.1 Å². The van der Waals surface area contributed by atoms with E-state index in [1.165, 1.54) is 11.6 Å². The molecule has 8 heteroatoms. The van der Waals surface area contributed by atoms with Gasteiger partial charge in [0, 0.05) is 28.3 Å². The molecular formula is C25H23Cl2N3O3. The van der Waals surface area contributed by atoms with E-state index in [0.717, 1.165) is 18.4 Å². The fourth-order valence-electron chi connectivity index (χ4n) is 3.86. The first-order chi connectivity index (χ1) is 15.9. The Morgan fingerprint density at radius 2 is 1.82 bits per heavy atom. The van der Waals surface area contributed by atoms with Crippen LogP contribution in [0.4, 0.5) is 5.69 Å². The highest BCUT2D eigenvalue weighted by atomic mass is 35.5. The minimum atomic E-state index is -0.439. The molecular weight excluding hydrogens is 461 g/mol. The van der Waals surface area contributed by atoms with E-state index in [0.29, 0.717) is 40.6 Å². The Hall–Kier alpha value is -3.09. The average Bonchev–Trinajstić information content (AvgIpc) is 3.15. The summed E-state index contributed by atoms with van der Waals surface area (Å²) in [6.07, 6.45) is 3.09. The zero-order valence-corrected chi connectivity index (χ0v) is 19.8. The topological polar surface area (TPSA) is 83.7 Å². The van der Waals surface area contributed by atoms with Gasteiger partial charge in [0.2, 0.25) is 0 Å². The van der Waals surface area contributed by atoms with Gasteiger partial charge < -0.3 is 9.73 Å². The predicted octanol–water partition coefficient (Wildman–Crippen LogP) is 6.18. The number of hydrazone groups is 1. The summed E-state index contributed by atoms with van der Waals surface area (Å²) in [6.45, 7) is 3.91. The molecule has 1 aromatic heterocycles. The Morgan fingerprint density at radius 3 is 2.52 bits per heavy atom. The monoisotopic (exact) mass is 483 g/mol. The zero-order valence-electron chi connectivity index (χ0n) is 18.3. The van der Waals surface area contributed by atoms with E-state index in [1.54, 1.807) is 12.1 Å². The highest BCUT2D eigenvalue weighted by molar-refractivity contribution is 6.36. The fraction of sp³-hybridized carbons (Fsp3) is 0.240. The quantitative estimate of drug-likeness (QED) is 0.424. The van der Waals surface area contributed by atoms with Gasteiger partial charge in [0.1, 0.15) is 5.76 Å². The number of hydrogen-bond donors (Lipinski definition) is 2. The summed E-state index contributed by atoms with van der Waals surface area (Å²) in [5, 5.41) is 7.91. The summed E-state index contributed by atoms with van der Waals surface area (Å²) in [5.41, 5.74) is 6.88. The lowest BCUT2D eigenvalue weighted by Gasteiger charge is -2.13. The third-order valence-electron chi connectivity index (χ3n) is 5.62. The molecule has 0 bridgehead atoms. The number of aryl methyl sites for hydroxylation is 2. The van der Waals surface area contributed by atoms with Crippen molar-refractivity contribution in [2.45, 2.75) is 39.5 Å². The third kappa shape index (κ3) is 4.97. The average molecular weight is 484 g/mol. The van der Waals surface area contributed by atoms with E-state index in [9.17, 15) is 9.59 Å². The van der Waals surface area contributed by atoms with Gasteiger partial charge in [-0.25, -0.2) is 5.43 Å². The van der Waals surface area contributed by atoms with E-state index in [-0.39, 0.29) is 22.3 Å². The lowest BCUT2D eigenvalue weighted by atomic mass is 9.93. The Morgan fingerprint density at radius 1 is 1.06 bits per heavy atom. The number of amides is 2. The van der Waals surface area contributed by atoms with Gasteiger partial charge in [-0.3, -0.25) is 9.59 Å². The number of nitrogens with zero attached hydrogens (tertiary/aromatic N) is 1. The number of anilines is 1. The molecule has 1 heterocycles. The van der Waals surface area contributed by atoms with Crippen molar-refractivity contribution < 1.29 is 14.0 Å². The first kappa shape index (κ1) is 23.1. The molecule has 0 aliphatic heterocycles. The minimum absolute atomic E-state index is 0.245. The fourth-order valence-corrected chi connectivity index (χ4v) is 4.35. The molecule has 3 aromatic rings. The summed E-state index contributed by atoms with van der Waals surface area (Å²) in [6, 6.07) is 12.4. The van der Waals surface area contributed by atoms with Crippen LogP contribution in [-0.2, 0) is 12.8 Å². The first-order valence-corrected chi connectivity index (χ1v) is 11.5. The van der Waals surface area contributed by atoms with Crippen molar-refractivity contribution in [3.05, 3.63) is 86.3 Å². The van der Waals surface area contributed by atoms with Crippen LogP contribution in [0.1, 0.15) is 63.1 Å². The standard InChI is InChI=1S/C25H23Cl2N3O3/c1-3-15-7-10-17(11-8-15)28-25(32)23-14(2)22-20(5-4-6-21(22)33-23)29-30-24(31)18-12-9-16(26)13-19(18)27/h7-13H,3-6H2,1-2H3,(H,28,32)(H,30,31)/b29-20+. The molecule has 170 valence electrons. The summed E-state index contributed by atoms with van der Waals surface area (Å²) < 4.78 is 5.93. The number of benzene rings is 2. The molecule has 0 saturated carbocycles. The highest BCUT2D eigenvalue weighted by Gasteiger charge is 2.28. The van der Waals surface area contributed by atoms with Crippen LogP contribution in [0.15, 0.2) is 52.0 Å². The van der Waals surface area contributed by atoms with Gasteiger partial charge >= 0.3 is 0 Å². The summed E-state index contributed by atoms with van der Waals surface area (Å²) in [5.74, 6) is 0.192. The molecule has 2 aromatic carbocycles. The molecule has 0 unspecified atom stereocenters. The van der Waals surface area contributed by atoms with Crippen molar-refractivity contribution in [1.82, 2.24) is 5.43 Å². The number of fused-ring (bicyclic) bond motifs is 1. The summed E-state index contributed by atoms with van der Waals surface area (Å²) >= 11 is 12.0. The molecule has 4 rings (SSSR count). The third-order valence-corrected chi connectivity index (χ3v) is 6.17. The Balaban J connectivity index is 1.55. The Bertz CT molecular complexity index is 1250. The van der Waals surface area contributed by atoms with Crippen molar-refractivity contribution in [2.75, 3.05) is 5.32 Å².